The quantitative estimate of drug-likeness (QED) is 0.757. The van der Waals surface area contributed by atoms with Gasteiger partial charge < -0.3 is 14.7 Å². The highest BCUT2D eigenvalue weighted by Crippen LogP contribution is 2.40. The molecule has 2 aliphatic rings. The molecule has 0 aliphatic carbocycles. The van der Waals surface area contributed by atoms with Crippen molar-refractivity contribution < 1.29 is 9.32 Å². The first kappa shape index (κ1) is 20.5. The Kier molecular flexibility index (Phi) is 6.06. The molecular weight excluding hydrogens is 409 g/mol. The molecule has 0 atom stereocenters. The van der Waals surface area contributed by atoms with Gasteiger partial charge in [-0.25, -0.2) is 0 Å². The van der Waals surface area contributed by atoms with Gasteiger partial charge in [0.25, 0.3) is 5.91 Å². The first-order valence-corrected chi connectivity index (χ1v) is 9.67. The summed E-state index contributed by atoms with van der Waals surface area (Å²) in [6.45, 7) is 5.39. The van der Waals surface area contributed by atoms with E-state index in [9.17, 15) is 4.79 Å². The lowest BCUT2D eigenvalue weighted by Gasteiger charge is -2.38. The second kappa shape index (κ2) is 8.00. The van der Waals surface area contributed by atoms with Gasteiger partial charge in [-0.2, -0.15) is 0 Å². The predicted octanol–water partition coefficient (Wildman–Crippen LogP) is 4.59. The molecule has 1 aromatic heterocycles. The van der Waals surface area contributed by atoms with Crippen molar-refractivity contribution in [1.29, 1.82) is 0 Å². The van der Waals surface area contributed by atoms with E-state index in [1.54, 1.807) is 25.1 Å². The van der Waals surface area contributed by atoms with Gasteiger partial charge >= 0.3 is 0 Å². The lowest BCUT2D eigenvalue weighted by Crippen LogP contribution is -2.44. The molecule has 0 unspecified atom stereocenters. The summed E-state index contributed by atoms with van der Waals surface area (Å²) >= 11 is 12.6. The summed E-state index contributed by atoms with van der Waals surface area (Å²) in [4.78, 5) is 15.1. The van der Waals surface area contributed by atoms with Gasteiger partial charge in [-0.3, -0.25) is 4.79 Å². The topological polar surface area (TPSA) is 58.4 Å². The number of aromatic nitrogens is 1. The molecule has 4 rings (SSSR count). The van der Waals surface area contributed by atoms with Crippen LogP contribution in [0, 0.1) is 12.3 Å². The fraction of sp³-hybridized carbons (Fsp3) is 0.474. The van der Waals surface area contributed by atoms with Gasteiger partial charge in [-0.15, -0.1) is 12.4 Å². The van der Waals surface area contributed by atoms with E-state index in [0.29, 0.717) is 38.0 Å². The molecular formula is C19H22Cl3N3O2. The Morgan fingerprint density at radius 1 is 1.22 bits per heavy atom. The molecule has 1 spiro atoms. The number of piperidine rings is 1. The Hall–Kier alpha value is -1.27. The van der Waals surface area contributed by atoms with E-state index in [4.69, 9.17) is 27.7 Å². The van der Waals surface area contributed by atoms with Gasteiger partial charge in [-0.05, 0) is 50.3 Å². The first-order valence-electron chi connectivity index (χ1n) is 8.91. The Balaban J connectivity index is 0.00000210. The summed E-state index contributed by atoms with van der Waals surface area (Å²) in [5, 5.41) is 8.45. The van der Waals surface area contributed by atoms with Gasteiger partial charge in [0, 0.05) is 25.2 Å². The summed E-state index contributed by atoms with van der Waals surface area (Å²) in [6, 6.07) is 5.24. The van der Waals surface area contributed by atoms with E-state index in [1.807, 2.05) is 4.90 Å². The van der Waals surface area contributed by atoms with Crippen LogP contribution in [0.3, 0.4) is 0 Å². The van der Waals surface area contributed by atoms with Gasteiger partial charge in [0.15, 0.2) is 0 Å². The van der Waals surface area contributed by atoms with E-state index < -0.39 is 0 Å². The molecule has 27 heavy (non-hydrogen) atoms. The van der Waals surface area contributed by atoms with Crippen LogP contribution >= 0.6 is 35.6 Å². The number of nitrogens with one attached hydrogen (secondary N) is 1. The maximum Gasteiger partial charge on any atom is 0.259 e. The van der Waals surface area contributed by atoms with Crippen LogP contribution in [0.25, 0.3) is 11.3 Å². The maximum atomic E-state index is 13.2. The molecule has 0 radical (unpaired) electrons. The minimum Gasteiger partial charge on any atom is -0.360 e. The zero-order valence-corrected chi connectivity index (χ0v) is 17.4. The highest BCUT2D eigenvalue weighted by atomic mass is 35.5. The number of carbonyl (C=O) groups excluding carboxylic acids is 1. The number of likely N-dealkylation sites (tertiary alicyclic amines) is 1. The van der Waals surface area contributed by atoms with Crippen LogP contribution in [0.2, 0.25) is 10.0 Å². The molecule has 1 aromatic carbocycles. The van der Waals surface area contributed by atoms with Crippen molar-refractivity contribution in [1.82, 2.24) is 15.4 Å². The maximum absolute atomic E-state index is 13.2. The fourth-order valence-corrected chi connectivity index (χ4v) is 4.66. The van der Waals surface area contributed by atoms with Crippen molar-refractivity contribution in [3.05, 3.63) is 39.6 Å². The lowest BCUT2D eigenvalue weighted by atomic mass is 9.77. The Morgan fingerprint density at radius 2 is 1.89 bits per heavy atom. The monoisotopic (exact) mass is 429 g/mol. The minimum absolute atomic E-state index is 0. The van der Waals surface area contributed by atoms with Gasteiger partial charge in [0.1, 0.15) is 17.0 Å². The van der Waals surface area contributed by atoms with Crippen molar-refractivity contribution in [2.75, 3.05) is 26.2 Å². The summed E-state index contributed by atoms with van der Waals surface area (Å²) in [6.07, 6.45) is 3.25. The molecule has 0 saturated carbocycles. The Bertz CT molecular complexity index is 816. The molecule has 2 fully saturated rings. The number of amides is 1. The minimum atomic E-state index is -0.0597. The van der Waals surface area contributed by atoms with Crippen molar-refractivity contribution in [3.8, 4) is 11.3 Å². The van der Waals surface area contributed by atoms with Crippen molar-refractivity contribution in [3.63, 3.8) is 0 Å². The van der Waals surface area contributed by atoms with Crippen molar-refractivity contribution in [2.45, 2.75) is 26.2 Å². The largest absolute Gasteiger partial charge is 0.360 e. The van der Waals surface area contributed by atoms with Crippen LogP contribution in [-0.2, 0) is 0 Å². The SMILES string of the molecule is Cc1onc(-c2c(Cl)cccc2Cl)c1C(=O)N1CCC2(CCNC2)CC1.Cl. The van der Waals surface area contributed by atoms with Crippen LogP contribution in [0.15, 0.2) is 22.7 Å². The lowest BCUT2D eigenvalue weighted by molar-refractivity contribution is 0.0606. The smallest absolute Gasteiger partial charge is 0.259 e. The van der Waals surface area contributed by atoms with Crippen molar-refractivity contribution in [2.24, 2.45) is 5.41 Å². The number of hydrogen-bond acceptors (Lipinski definition) is 4. The zero-order chi connectivity index (χ0) is 18.3. The molecule has 5 nitrogen and oxygen atoms in total. The number of nitrogens with zero attached hydrogens (tertiary/aromatic N) is 2. The van der Waals surface area contributed by atoms with E-state index in [0.717, 1.165) is 39.0 Å². The zero-order valence-electron chi connectivity index (χ0n) is 15.1. The first-order chi connectivity index (χ1) is 12.5. The Morgan fingerprint density at radius 3 is 2.48 bits per heavy atom. The van der Waals surface area contributed by atoms with Crippen LogP contribution in [0.5, 0.6) is 0 Å². The van der Waals surface area contributed by atoms with Crippen LogP contribution in [0.1, 0.15) is 35.4 Å². The van der Waals surface area contributed by atoms with E-state index in [-0.39, 0.29) is 18.3 Å². The average Bonchev–Trinajstić information content (AvgIpc) is 3.22. The van der Waals surface area contributed by atoms with Gasteiger partial charge in [0.05, 0.1) is 10.0 Å². The molecule has 2 saturated heterocycles. The summed E-state index contributed by atoms with van der Waals surface area (Å²) in [5.41, 5.74) is 1.78. The third kappa shape index (κ3) is 3.70. The summed E-state index contributed by atoms with van der Waals surface area (Å²) < 4.78 is 5.34. The third-order valence-electron chi connectivity index (χ3n) is 5.72. The summed E-state index contributed by atoms with van der Waals surface area (Å²) in [5.74, 6) is 0.430. The van der Waals surface area contributed by atoms with E-state index >= 15 is 0 Å². The number of benzene rings is 1. The second-order valence-corrected chi connectivity index (χ2v) is 8.09. The van der Waals surface area contributed by atoms with E-state index in [1.165, 1.54) is 6.42 Å². The molecule has 3 heterocycles. The normalized spacial score (nSPS) is 18.6. The number of halogens is 3. The molecule has 146 valence electrons. The highest BCUT2D eigenvalue weighted by molar-refractivity contribution is 6.39. The third-order valence-corrected chi connectivity index (χ3v) is 6.35. The van der Waals surface area contributed by atoms with Crippen LogP contribution < -0.4 is 5.32 Å². The van der Waals surface area contributed by atoms with Crippen molar-refractivity contribution >= 4 is 41.5 Å². The number of aryl methyl sites for hydroxylation is 1. The molecule has 8 heteroatoms. The van der Waals surface area contributed by atoms with Crippen LogP contribution in [-0.4, -0.2) is 42.1 Å². The second-order valence-electron chi connectivity index (χ2n) is 7.28. The predicted molar refractivity (Wildman–Crippen MR) is 109 cm³/mol. The molecule has 0 bridgehead atoms. The molecule has 1 amide bonds. The van der Waals surface area contributed by atoms with E-state index in [2.05, 4.69) is 10.5 Å². The molecule has 2 aliphatic heterocycles. The number of rotatable bonds is 2. The molecule has 1 N–H and O–H groups in total. The van der Waals surface area contributed by atoms with Crippen LogP contribution in [0.4, 0.5) is 0 Å². The Labute approximate surface area is 174 Å². The standard InChI is InChI=1S/C19H21Cl2N3O2.ClH/c1-12-15(17(23-26-12)16-13(20)3-2-4-14(16)21)18(25)24-9-6-19(7-10-24)5-8-22-11-19;/h2-4,22H,5-11H2,1H3;1H. The fourth-order valence-electron chi connectivity index (χ4n) is 4.08. The number of hydrogen-bond donors (Lipinski definition) is 1. The molecule has 2 aromatic rings. The average molecular weight is 431 g/mol. The number of carbonyl (C=O) groups is 1. The van der Waals surface area contributed by atoms with Gasteiger partial charge in [0.2, 0.25) is 0 Å². The summed E-state index contributed by atoms with van der Waals surface area (Å²) in [7, 11) is 0. The van der Waals surface area contributed by atoms with Gasteiger partial charge in [-0.1, -0.05) is 34.4 Å². The highest BCUT2D eigenvalue weighted by Gasteiger charge is 2.39.